The molecule has 0 radical (unpaired) electrons. The summed E-state index contributed by atoms with van der Waals surface area (Å²) in [4.78, 5) is 4.24. The topological polar surface area (TPSA) is 48.5 Å². The molecule has 0 saturated heterocycles. The van der Waals surface area contributed by atoms with Crippen LogP contribution in [0.15, 0.2) is 39.6 Å². The van der Waals surface area contributed by atoms with E-state index in [1.807, 2.05) is 24.3 Å². The smallest absolute Gasteiger partial charge is 0.137 e. The molecule has 1 aromatic carbocycles. The molecular formula is C13H16BrClN4S. The second-order valence-electron chi connectivity index (χ2n) is 4.14. The lowest BCUT2D eigenvalue weighted by atomic mass is 10.1. The Hall–Kier alpha value is -0.690. The Bertz CT molecular complexity index is 516. The molecule has 0 aliphatic carbocycles. The number of hydrogen-bond donors (Lipinski definition) is 3. The van der Waals surface area contributed by atoms with Gasteiger partial charge in [-0.3, -0.25) is 4.99 Å². The van der Waals surface area contributed by atoms with Crippen molar-refractivity contribution in [3.63, 3.8) is 0 Å². The fourth-order valence-corrected chi connectivity index (χ4v) is 2.85. The molecule has 0 unspecified atom stereocenters. The fraction of sp³-hybridized carbons (Fsp3) is 0.308. The Balaban J connectivity index is 2.19. The summed E-state index contributed by atoms with van der Waals surface area (Å²) in [5.74, 6) is 0.876. The van der Waals surface area contributed by atoms with Crippen LogP contribution in [0.25, 0.3) is 5.57 Å². The molecular weight excluding hydrogens is 360 g/mol. The van der Waals surface area contributed by atoms with Gasteiger partial charge in [-0.25, -0.2) is 4.72 Å². The van der Waals surface area contributed by atoms with Crippen molar-refractivity contribution in [1.29, 1.82) is 0 Å². The molecule has 0 atom stereocenters. The van der Waals surface area contributed by atoms with Crippen LogP contribution in [0.3, 0.4) is 0 Å². The van der Waals surface area contributed by atoms with E-state index < -0.39 is 0 Å². The number of halogens is 2. The molecule has 1 aromatic rings. The first-order valence-electron chi connectivity index (χ1n) is 6.31. The molecule has 2 rings (SSSR count). The number of nitrogens with zero attached hydrogens (tertiary/aromatic N) is 1. The van der Waals surface area contributed by atoms with Crippen molar-refractivity contribution in [3.05, 3.63) is 40.1 Å². The first kappa shape index (κ1) is 15.7. The summed E-state index contributed by atoms with van der Waals surface area (Å²) in [6.45, 7) is 3.55. The quantitative estimate of drug-likeness (QED) is 0.526. The normalized spacial score (nSPS) is 14.8. The largest absolute Gasteiger partial charge is 0.351 e. The first-order valence-corrected chi connectivity index (χ1v) is 8.30. The fourth-order valence-electron chi connectivity index (χ4n) is 1.67. The second kappa shape index (κ2) is 7.93. The van der Waals surface area contributed by atoms with Crippen molar-refractivity contribution < 1.29 is 0 Å². The second-order valence-corrected chi connectivity index (χ2v) is 6.11. The van der Waals surface area contributed by atoms with E-state index in [-0.39, 0.29) is 0 Å². The van der Waals surface area contributed by atoms with Crippen molar-refractivity contribution >= 4 is 50.4 Å². The molecule has 1 aliphatic rings. The molecule has 7 heteroatoms. The highest BCUT2D eigenvalue weighted by Gasteiger charge is 2.17. The van der Waals surface area contributed by atoms with E-state index in [1.165, 1.54) is 12.1 Å². The molecule has 0 saturated carbocycles. The zero-order chi connectivity index (χ0) is 14.4. The van der Waals surface area contributed by atoms with Gasteiger partial charge in [0, 0.05) is 23.2 Å². The van der Waals surface area contributed by atoms with E-state index >= 15 is 0 Å². The first-order chi connectivity index (χ1) is 9.72. The number of aliphatic imine (C=N–C) groups is 1. The standard InChI is InChI=1S/C13H16BrClN4S/c1-2-7-18-20-19-13-11(12(15)16-8-17-13)9-3-5-10(14)6-4-9/h3-6,17-19H,2,7-8H2,1H3. The van der Waals surface area contributed by atoms with E-state index in [4.69, 9.17) is 11.6 Å². The number of nitrogens with one attached hydrogen (secondary N) is 3. The van der Waals surface area contributed by atoms with Gasteiger partial charge in [-0.2, -0.15) is 0 Å². The lowest BCUT2D eigenvalue weighted by Crippen LogP contribution is -2.30. The van der Waals surface area contributed by atoms with Gasteiger partial charge in [0.05, 0.1) is 5.57 Å². The molecule has 108 valence electrons. The number of hydrogen-bond acceptors (Lipinski definition) is 5. The summed E-state index contributed by atoms with van der Waals surface area (Å²) in [5.41, 5.74) is 1.91. The minimum absolute atomic E-state index is 0.482. The summed E-state index contributed by atoms with van der Waals surface area (Å²) >= 11 is 11.1. The Morgan fingerprint density at radius 2 is 2.15 bits per heavy atom. The van der Waals surface area contributed by atoms with Crippen LogP contribution in [0.5, 0.6) is 0 Å². The van der Waals surface area contributed by atoms with Gasteiger partial charge < -0.3 is 10.0 Å². The summed E-state index contributed by atoms with van der Waals surface area (Å²) in [5, 5.41) is 3.73. The van der Waals surface area contributed by atoms with Gasteiger partial charge in [0.25, 0.3) is 0 Å². The summed E-state index contributed by atoms with van der Waals surface area (Å²) < 4.78 is 7.50. The molecule has 3 N–H and O–H groups in total. The molecule has 1 aliphatic heterocycles. The van der Waals surface area contributed by atoms with Crippen LogP contribution in [0.2, 0.25) is 0 Å². The van der Waals surface area contributed by atoms with Crippen molar-refractivity contribution in [3.8, 4) is 0 Å². The van der Waals surface area contributed by atoms with Gasteiger partial charge in [0.1, 0.15) is 17.7 Å². The van der Waals surface area contributed by atoms with Crippen LogP contribution in [-0.4, -0.2) is 18.4 Å². The third-order valence-corrected chi connectivity index (χ3v) is 4.13. The third kappa shape index (κ3) is 4.15. The van der Waals surface area contributed by atoms with Crippen molar-refractivity contribution in [2.75, 3.05) is 13.2 Å². The highest BCUT2D eigenvalue weighted by Crippen LogP contribution is 2.25. The average Bonchev–Trinajstić information content (AvgIpc) is 2.45. The highest BCUT2D eigenvalue weighted by molar-refractivity contribution is 9.10. The summed E-state index contributed by atoms with van der Waals surface area (Å²) in [6, 6.07) is 7.99. The maximum atomic E-state index is 6.26. The molecule has 20 heavy (non-hydrogen) atoms. The summed E-state index contributed by atoms with van der Waals surface area (Å²) in [7, 11) is 0. The Morgan fingerprint density at radius 3 is 2.85 bits per heavy atom. The van der Waals surface area contributed by atoms with Gasteiger partial charge in [-0.05, 0) is 24.1 Å². The van der Waals surface area contributed by atoms with E-state index in [1.54, 1.807) is 0 Å². The monoisotopic (exact) mass is 374 g/mol. The lowest BCUT2D eigenvalue weighted by Gasteiger charge is -2.20. The molecule has 0 fully saturated rings. The van der Waals surface area contributed by atoms with Crippen LogP contribution < -0.4 is 14.8 Å². The van der Waals surface area contributed by atoms with Gasteiger partial charge in [0.2, 0.25) is 0 Å². The zero-order valence-corrected chi connectivity index (χ0v) is 14.2. The molecule has 0 spiro atoms. The van der Waals surface area contributed by atoms with Crippen LogP contribution in [0, 0.1) is 0 Å². The van der Waals surface area contributed by atoms with E-state index in [2.05, 4.69) is 42.6 Å². The maximum Gasteiger partial charge on any atom is 0.137 e. The maximum absolute atomic E-state index is 6.26. The lowest BCUT2D eigenvalue weighted by molar-refractivity contribution is 0.788. The van der Waals surface area contributed by atoms with Gasteiger partial charge in [-0.1, -0.05) is 46.6 Å². The van der Waals surface area contributed by atoms with Crippen LogP contribution in [0.4, 0.5) is 0 Å². The molecule has 0 bridgehead atoms. The van der Waals surface area contributed by atoms with Gasteiger partial charge in [-0.15, -0.1) is 0 Å². The Kier molecular flexibility index (Phi) is 6.22. The van der Waals surface area contributed by atoms with Gasteiger partial charge in [0.15, 0.2) is 0 Å². The van der Waals surface area contributed by atoms with E-state index in [0.29, 0.717) is 11.8 Å². The predicted octanol–water partition coefficient (Wildman–Crippen LogP) is 3.47. The van der Waals surface area contributed by atoms with E-state index in [9.17, 15) is 0 Å². The minimum atomic E-state index is 0.482. The predicted molar refractivity (Wildman–Crippen MR) is 91.4 cm³/mol. The van der Waals surface area contributed by atoms with Crippen molar-refractivity contribution in [2.45, 2.75) is 13.3 Å². The number of rotatable bonds is 6. The van der Waals surface area contributed by atoms with Gasteiger partial charge >= 0.3 is 0 Å². The minimum Gasteiger partial charge on any atom is -0.351 e. The molecule has 0 aromatic heterocycles. The molecule has 1 heterocycles. The third-order valence-electron chi connectivity index (χ3n) is 2.64. The molecule has 4 nitrogen and oxygen atoms in total. The van der Waals surface area contributed by atoms with Crippen LogP contribution >= 0.6 is 39.7 Å². The van der Waals surface area contributed by atoms with Crippen LogP contribution in [0.1, 0.15) is 18.9 Å². The molecule has 0 amide bonds. The Labute approximate surface area is 136 Å². The number of allylic oxidation sites excluding steroid dienone is 1. The highest BCUT2D eigenvalue weighted by atomic mass is 79.9. The Morgan fingerprint density at radius 1 is 1.40 bits per heavy atom. The van der Waals surface area contributed by atoms with E-state index in [0.717, 1.165) is 34.4 Å². The van der Waals surface area contributed by atoms with Crippen molar-refractivity contribution in [2.24, 2.45) is 4.99 Å². The van der Waals surface area contributed by atoms with Crippen molar-refractivity contribution in [1.82, 2.24) is 14.8 Å². The average molecular weight is 376 g/mol. The zero-order valence-electron chi connectivity index (χ0n) is 11.0. The summed E-state index contributed by atoms with van der Waals surface area (Å²) in [6.07, 6.45) is 1.09. The SMILES string of the molecule is CCCNSNC1=C(c2ccc(Br)cc2)C(Cl)=NCN1. The van der Waals surface area contributed by atoms with Crippen LogP contribution in [-0.2, 0) is 0 Å². The number of benzene rings is 1.